The molecule has 22 heavy (non-hydrogen) atoms. The van der Waals surface area contributed by atoms with Crippen molar-refractivity contribution in [1.29, 1.82) is 0 Å². The number of amides is 1. The van der Waals surface area contributed by atoms with Crippen LogP contribution in [0.2, 0.25) is 0 Å². The quantitative estimate of drug-likeness (QED) is 0.475. The zero-order valence-electron chi connectivity index (χ0n) is 12.1. The van der Waals surface area contributed by atoms with Crippen LogP contribution in [0.5, 0.6) is 5.75 Å². The zero-order valence-corrected chi connectivity index (χ0v) is 13.2. The molecule has 0 heterocycles. The molecule has 0 saturated carbocycles. The Morgan fingerprint density at radius 1 is 1.09 bits per heavy atom. The first kappa shape index (κ1) is 24.8. The van der Waals surface area contributed by atoms with E-state index < -0.39 is 0 Å². The van der Waals surface area contributed by atoms with E-state index in [0.717, 1.165) is 5.75 Å². The summed E-state index contributed by atoms with van der Waals surface area (Å²) in [4.78, 5) is 10.6. The Morgan fingerprint density at radius 3 is 1.82 bits per heavy atom. The molecule has 116 valence electrons. The monoisotopic (exact) mass is 341 g/mol. The fourth-order valence-corrected chi connectivity index (χ4v) is 1.16. The van der Waals surface area contributed by atoms with Crippen LogP contribution in [0.25, 0.3) is 5.32 Å². The Hall–Kier alpha value is -2.16. The summed E-state index contributed by atoms with van der Waals surface area (Å²) in [5, 5.41) is 3.74. The fourth-order valence-electron chi connectivity index (χ4n) is 1.16. The van der Waals surface area contributed by atoms with E-state index >= 15 is 0 Å². The molecule has 0 atom stereocenters. The Bertz CT molecular complexity index is 481. The van der Waals surface area contributed by atoms with Gasteiger partial charge in [0.05, 0.1) is 13.0 Å². The Kier molecular flexibility index (Phi) is 21.3. The number of hydrogen-bond donors (Lipinski definition) is 0. The van der Waals surface area contributed by atoms with Gasteiger partial charge in [0, 0.05) is 0 Å². The Morgan fingerprint density at radius 2 is 1.55 bits per heavy atom. The van der Waals surface area contributed by atoms with Crippen molar-refractivity contribution in [3.63, 3.8) is 0 Å². The van der Waals surface area contributed by atoms with Crippen molar-refractivity contribution in [2.24, 2.45) is 0 Å². The predicted octanol–water partition coefficient (Wildman–Crippen LogP) is 3.57. The van der Waals surface area contributed by atoms with Gasteiger partial charge in [-0.2, -0.15) is 18.2 Å². The first-order valence-electron chi connectivity index (χ1n) is 5.66. The first-order valence-corrected chi connectivity index (χ1v) is 5.66. The van der Waals surface area contributed by atoms with E-state index in [0.29, 0.717) is 5.69 Å². The molecule has 0 spiro atoms. The van der Waals surface area contributed by atoms with Crippen LogP contribution in [0.1, 0.15) is 6.92 Å². The van der Waals surface area contributed by atoms with Gasteiger partial charge in [0.2, 0.25) is 0 Å². The molecule has 2 rings (SSSR count). The summed E-state index contributed by atoms with van der Waals surface area (Å²) >= 11 is 0. The van der Waals surface area contributed by atoms with Crippen molar-refractivity contribution in [3.05, 3.63) is 73.2 Å². The third-order valence-corrected chi connectivity index (χ3v) is 1.91. The molecule has 0 aliphatic carbocycles. The predicted molar refractivity (Wildman–Crippen MR) is 76.6 cm³/mol. The van der Waals surface area contributed by atoms with E-state index in [1.54, 1.807) is 31.4 Å². The van der Waals surface area contributed by atoms with Crippen LogP contribution in [0.3, 0.4) is 0 Å². The van der Waals surface area contributed by atoms with Crippen molar-refractivity contribution >= 4 is 11.6 Å². The molecule has 0 bridgehead atoms. The fraction of sp³-hybridized carbons (Fsp3) is 0.125. The molecule has 0 fully saturated rings. The summed E-state index contributed by atoms with van der Waals surface area (Å²) in [5.41, 5.74) is 0.656. The number of ether oxygens (including phenoxy) is 1. The van der Waals surface area contributed by atoms with E-state index in [4.69, 9.17) is 14.0 Å². The van der Waals surface area contributed by atoms with Crippen molar-refractivity contribution in [3.8, 4) is 5.75 Å². The number of hydrogen-bond acceptors (Lipinski definition) is 2. The number of carbonyl (C=O) groups excluding carboxylic acids is 1. The van der Waals surface area contributed by atoms with Gasteiger partial charge in [0.1, 0.15) is 5.75 Å². The number of carbonyl (C=O) groups is 1. The summed E-state index contributed by atoms with van der Waals surface area (Å²) < 4.78 is 19.9. The van der Waals surface area contributed by atoms with Crippen LogP contribution in [0, 0.1) is 13.3 Å². The van der Waals surface area contributed by atoms with E-state index in [2.05, 4.69) is 18.6 Å². The minimum absolute atomic E-state index is 0. The van der Waals surface area contributed by atoms with Crippen LogP contribution in [-0.2, 0) is 31.2 Å². The van der Waals surface area contributed by atoms with Crippen molar-refractivity contribution in [1.82, 2.24) is 0 Å². The standard InChI is InChI=1S/C9H11NO2.C5H5.2CO.Fe/c1-7(11)10-8-3-5-9(12-2)6-4-8;1-2-4-5-3-1;2*1-2;/h3-6H,1-2H3,(H,10,11);1-5H;;;/q;-1;;;+2/p-1. The SMILES string of the molecule is COc1ccc([N-]C(C)=O)cc1.[C-]#[O+].[C-]#[O+].[Fe+2].c1cc[cH-]c1. The number of methoxy groups -OCH3 is 1. The molecule has 0 aromatic heterocycles. The molecule has 0 unspecified atom stereocenters. The second-order valence-electron chi connectivity index (χ2n) is 3.29. The number of rotatable bonds is 2. The Balaban J connectivity index is -0.000000303. The van der Waals surface area contributed by atoms with Crippen LogP contribution in [0.15, 0.2) is 54.6 Å². The molecule has 0 aliphatic rings. The number of nitrogens with zero attached hydrogens (tertiary/aromatic N) is 1. The summed E-state index contributed by atoms with van der Waals surface area (Å²) in [6, 6.07) is 17.0. The molecular formula is C16H15FeNO4. The molecular weight excluding hydrogens is 326 g/mol. The van der Waals surface area contributed by atoms with Crippen LogP contribution >= 0.6 is 0 Å². The molecule has 0 N–H and O–H groups in total. The van der Waals surface area contributed by atoms with Gasteiger partial charge in [-0.1, -0.05) is 12.1 Å². The van der Waals surface area contributed by atoms with Crippen molar-refractivity contribution < 1.29 is 35.9 Å². The minimum atomic E-state index is -0.194. The maximum atomic E-state index is 10.6. The average Bonchev–Trinajstić information content (AvgIpc) is 3.11. The van der Waals surface area contributed by atoms with E-state index in [1.807, 2.05) is 30.3 Å². The number of benzene rings is 1. The minimum Gasteiger partial charge on any atom is -0.214 e. The van der Waals surface area contributed by atoms with Gasteiger partial charge in [-0.15, -0.1) is 5.69 Å². The van der Waals surface area contributed by atoms with Gasteiger partial charge >= 0.3 is 39.7 Å². The average molecular weight is 341 g/mol. The molecule has 5 nitrogen and oxygen atoms in total. The molecule has 2 aromatic carbocycles. The van der Waals surface area contributed by atoms with E-state index in [9.17, 15) is 4.79 Å². The topological polar surface area (TPSA) is 80.2 Å². The van der Waals surface area contributed by atoms with Gasteiger partial charge in [0.25, 0.3) is 0 Å². The van der Waals surface area contributed by atoms with Crippen molar-refractivity contribution in [2.75, 3.05) is 7.11 Å². The largest absolute Gasteiger partial charge is 2.00 e. The van der Waals surface area contributed by atoms with Gasteiger partial charge in [0.15, 0.2) is 0 Å². The maximum absolute atomic E-state index is 10.6. The molecule has 2 aromatic rings. The molecule has 1 amide bonds. The Labute approximate surface area is 141 Å². The zero-order chi connectivity index (χ0) is 16.5. The van der Waals surface area contributed by atoms with E-state index in [1.165, 1.54) is 6.92 Å². The third kappa shape index (κ3) is 14.3. The van der Waals surface area contributed by atoms with E-state index in [-0.39, 0.29) is 23.0 Å². The van der Waals surface area contributed by atoms with Gasteiger partial charge in [-0.05, 0) is 19.1 Å². The molecule has 6 heteroatoms. The second kappa shape index (κ2) is 18.8. The molecule has 0 aliphatic heterocycles. The molecule has 0 saturated heterocycles. The van der Waals surface area contributed by atoms with Gasteiger partial charge < -0.3 is 14.8 Å². The normalized spacial score (nSPS) is 7.00. The summed E-state index contributed by atoms with van der Waals surface area (Å²) in [5.74, 6) is 0.567. The smallest absolute Gasteiger partial charge is 0.214 e. The maximum Gasteiger partial charge on any atom is 2.00 e. The van der Waals surface area contributed by atoms with Crippen LogP contribution in [0.4, 0.5) is 5.69 Å². The van der Waals surface area contributed by atoms with Crippen molar-refractivity contribution in [2.45, 2.75) is 6.92 Å². The van der Waals surface area contributed by atoms with Gasteiger partial charge in [-0.25, -0.2) is 12.1 Å². The first-order chi connectivity index (χ1) is 10.2. The summed E-state index contributed by atoms with van der Waals surface area (Å²) in [6.45, 7) is 10.4. The third-order valence-electron chi connectivity index (χ3n) is 1.91. The summed E-state index contributed by atoms with van der Waals surface area (Å²) in [6.07, 6.45) is 0. The second-order valence-corrected chi connectivity index (χ2v) is 3.29. The van der Waals surface area contributed by atoms with Crippen LogP contribution in [-0.4, -0.2) is 13.0 Å². The van der Waals surface area contributed by atoms with Gasteiger partial charge in [-0.3, -0.25) is 0 Å². The van der Waals surface area contributed by atoms with Crippen LogP contribution < -0.4 is 4.74 Å². The summed E-state index contributed by atoms with van der Waals surface area (Å²) in [7, 11) is 1.59. The molecule has 0 radical (unpaired) electrons.